The molecule has 1 amide bonds. The Hall–Kier alpha value is -3.01. The van der Waals surface area contributed by atoms with Gasteiger partial charge in [0.2, 0.25) is 0 Å². The summed E-state index contributed by atoms with van der Waals surface area (Å²) in [6, 6.07) is 19.1. The molecule has 0 spiro atoms. The van der Waals surface area contributed by atoms with Crippen molar-refractivity contribution >= 4 is 23.1 Å². The van der Waals surface area contributed by atoms with Crippen LogP contribution in [0.3, 0.4) is 0 Å². The molecule has 0 unspecified atom stereocenters. The van der Waals surface area contributed by atoms with Gasteiger partial charge in [-0.25, -0.2) is 4.98 Å². The number of carbonyl (C=O) groups is 2. The second-order valence-corrected chi connectivity index (χ2v) is 5.57. The molecule has 1 heterocycles. The van der Waals surface area contributed by atoms with Crippen molar-refractivity contribution in [1.29, 1.82) is 0 Å². The van der Waals surface area contributed by atoms with E-state index in [-0.39, 0.29) is 11.6 Å². The van der Waals surface area contributed by atoms with Crippen LogP contribution in [0.4, 0.5) is 0 Å². The summed E-state index contributed by atoms with van der Waals surface area (Å²) in [6.07, 6.45) is 2.44. The van der Waals surface area contributed by atoms with Crippen LogP contribution in [0.2, 0.25) is 0 Å². The molecule has 1 N–H and O–H groups in total. The normalized spacial score (nSPS) is 10.5. The molecule has 1 aromatic heterocycles. The predicted octanol–water partition coefficient (Wildman–Crippen LogP) is 3.41. The molecule has 0 aliphatic carbocycles. The lowest BCUT2D eigenvalue weighted by atomic mass is 10.1. The van der Waals surface area contributed by atoms with Crippen LogP contribution >= 0.6 is 0 Å². The molecule has 0 radical (unpaired) electrons. The Morgan fingerprint density at radius 3 is 2.58 bits per heavy atom. The maximum Gasteiger partial charge on any atom is 0.252 e. The summed E-state index contributed by atoms with van der Waals surface area (Å²) in [7, 11) is 0. The molecular formula is C20H18N2O2. The monoisotopic (exact) mass is 318 g/mol. The van der Waals surface area contributed by atoms with Crippen molar-refractivity contribution in [3.8, 4) is 0 Å². The number of rotatable bonds is 6. The molecule has 120 valence electrons. The Morgan fingerprint density at radius 2 is 1.79 bits per heavy atom. The second kappa shape index (κ2) is 7.51. The number of carbonyl (C=O) groups excluding carboxylic acids is 2. The highest BCUT2D eigenvalue weighted by molar-refractivity contribution is 6.07. The van der Waals surface area contributed by atoms with Crippen molar-refractivity contribution in [3.05, 3.63) is 77.5 Å². The van der Waals surface area contributed by atoms with Crippen LogP contribution in [-0.4, -0.2) is 23.7 Å². The van der Waals surface area contributed by atoms with E-state index >= 15 is 0 Å². The van der Waals surface area contributed by atoms with Crippen molar-refractivity contribution in [2.45, 2.75) is 12.8 Å². The van der Waals surface area contributed by atoms with E-state index in [1.54, 1.807) is 12.1 Å². The summed E-state index contributed by atoms with van der Waals surface area (Å²) in [5.74, 6) is -0.176. The quantitative estimate of drug-likeness (QED) is 0.560. The van der Waals surface area contributed by atoms with E-state index in [2.05, 4.69) is 22.4 Å². The zero-order valence-corrected chi connectivity index (χ0v) is 13.2. The van der Waals surface area contributed by atoms with Gasteiger partial charge in [-0.15, -0.1) is 0 Å². The molecule has 0 atom stereocenters. The summed E-state index contributed by atoms with van der Waals surface area (Å²) in [5, 5.41) is 3.68. The molecule has 0 saturated carbocycles. The molecule has 0 bridgehead atoms. The van der Waals surface area contributed by atoms with E-state index in [9.17, 15) is 9.59 Å². The highest BCUT2D eigenvalue weighted by atomic mass is 16.1. The maximum absolute atomic E-state index is 12.5. The molecule has 0 saturated heterocycles. The van der Waals surface area contributed by atoms with E-state index in [1.807, 2.05) is 36.4 Å². The van der Waals surface area contributed by atoms with Gasteiger partial charge >= 0.3 is 0 Å². The van der Waals surface area contributed by atoms with Crippen LogP contribution in [0, 0.1) is 0 Å². The zero-order chi connectivity index (χ0) is 16.8. The van der Waals surface area contributed by atoms with Gasteiger partial charge in [-0.1, -0.05) is 48.5 Å². The van der Waals surface area contributed by atoms with Gasteiger partial charge in [-0.3, -0.25) is 9.59 Å². The first-order valence-electron chi connectivity index (χ1n) is 7.95. The number of benzene rings is 2. The Kier molecular flexibility index (Phi) is 4.96. The fraction of sp³-hybridized carbons (Fsp3) is 0.150. The molecule has 24 heavy (non-hydrogen) atoms. The van der Waals surface area contributed by atoms with Crippen molar-refractivity contribution in [2.24, 2.45) is 0 Å². The Bertz CT molecular complexity index is 860. The largest absolute Gasteiger partial charge is 0.352 e. The third-order valence-electron chi connectivity index (χ3n) is 3.87. The number of nitrogens with one attached hydrogen (secondary N) is 1. The fourth-order valence-corrected chi connectivity index (χ4v) is 2.68. The lowest BCUT2D eigenvalue weighted by Crippen LogP contribution is -2.25. The highest BCUT2D eigenvalue weighted by Crippen LogP contribution is 2.17. The minimum atomic E-state index is -0.176. The molecule has 0 aliphatic heterocycles. The van der Waals surface area contributed by atoms with Gasteiger partial charge in [-0.2, -0.15) is 0 Å². The van der Waals surface area contributed by atoms with Gasteiger partial charge < -0.3 is 5.32 Å². The average Bonchev–Trinajstić information content (AvgIpc) is 2.65. The first kappa shape index (κ1) is 15.9. The van der Waals surface area contributed by atoms with Crippen molar-refractivity contribution in [3.63, 3.8) is 0 Å². The van der Waals surface area contributed by atoms with E-state index in [0.29, 0.717) is 23.9 Å². The van der Waals surface area contributed by atoms with E-state index < -0.39 is 0 Å². The number of hydrogen-bond donors (Lipinski definition) is 1. The van der Waals surface area contributed by atoms with Crippen LogP contribution in [0.5, 0.6) is 0 Å². The Balaban J connectivity index is 1.68. The summed E-state index contributed by atoms with van der Waals surface area (Å²) in [4.78, 5) is 27.8. The zero-order valence-electron chi connectivity index (χ0n) is 13.2. The van der Waals surface area contributed by atoms with Gasteiger partial charge in [-0.05, 0) is 30.5 Å². The minimum Gasteiger partial charge on any atom is -0.352 e. The summed E-state index contributed by atoms with van der Waals surface area (Å²) < 4.78 is 0. The molecule has 0 fully saturated rings. The number of fused-ring (bicyclic) bond motifs is 1. The standard InChI is InChI=1S/C20H18N2O2/c23-14-16-13-18(17-10-4-5-11-19(17)22-16)20(24)21-12-6-9-15-7-2-1-3-8-15/h1-5,7-8,10-11,13-14H,6,9,12H2,(H,21,24). The smallest absolute Gasteiger partial charge is 0.252 e. The third kappa shape index (κ3) is 3.66. The van der Waals surface area contributed by atoms with Crippen LogP contribution in [0.25, 0.3) is 10.9 Å². The fourth-order valence-electron chi connectivity index (χ4n) is 2.68. The van der Waals surface area contributed by atoms with Crippen molar-refractivity contribution in [2.75, 3.05) is 6.54 Å². The van der Waals surface area contributed by atoms with Crippen molar-refractivity contribution in [1.82, 2.24) is 10.3 Å². The van der Waals surface area contributed by atoms with Crippen LogP contribution in [-0.2, 0) is 6.42 Å². The summed E-state index contributed by atoms with van der Waals surface area (Å²) >= 11 is 0. The number of aromatic nitrogens is 1. The predicted molar refractivity (Wildman–Crippen MR) is 94.2 cm³/mol. The van der Waals surface area contributed by atoms with E-state index in [4.69, 9.17) is 0 Å². The summed E-state index contributed by atoms with van der Waals surface area (Å²) in [6.45, 7) is 0.584. The second-order valence-electron chi connectivity index (χ2n) is 5.57. The van der Waals surface area contributed by atoms with Gasteiger partial charge in [0.05, 0.1) is 11.1 Å². The van der Waals surface area contributed by atoms with Crippen molar-refractivity contribution < 1.29 is 9.59 Å². The number of aryl methyl sites for hydroxylation is 1. The highest BCUT2D eigenvalue weighted by Gasteiger charge is 2.12. The topological polar surface area (TPSA) is 59.1 Å². The van der Waals surface area contributed by atoms with Gasteiger partial charge in [0.25, 0.3) is 5.91 Å². The Labute approximate surface area is 140 Å². The number of aldehydes is 1. The molecular weight excluding hydrogens is 300 g/mol. The summed E-state index contributed by atoms with van der Waals surface area (Å²) in [5.41, 5.74) is 2.66. The maximum atomic E-state index is 12.5. The molecule has 0 aliphatic rings. The lowest BCUT2D eigenvalue weighted by molar-refractivity contribution is 0.0955. The molecule has 4 heteroatoms. The molecule has 3 aromatic rings. The average molecular weight is 318 g/mol. The van der Waals surface area contributed by atoms with Crippen LogP contribution < -0.4 is 5.32 Å². The van der Waals surface area contributed by atoms with Gasteiger partial charge in [0.15, 0.2) is 6.29 Å². The number of hydrogen-bond acceptors (Lipinski definition) is 3. The number of pyridine rings is 1. The first-order chi connectivity index (χ1) is 11.8. The first-order valence-corrected chi connectivity index (χ1v) is 7.95. The Morgan fingerprint density at radius 1 is 1.04 bits per heavy atom. The lowest BCUT2D eigenvalue weighted by Gasteiger charge is -2.09. The number of amides is 1. The van der Waals surface area contributed by atoms with E-state index in [0.717, 1.165) is 18.2 Å². The molecule has 3 rings (SSSR count). The minimum absolute atomic E-state index is 0.176. The number of para-hydroxylation sites is 1. The third-order valence-corrected chi connectivity index (χ3v) is 3.87. The number of nitrogens with zero attached hydrogens (tertiary/aromatic N) is 1. The van der Waals surface area contributed by atoms with Gasteiger partial charge in [0.1, 0.15) is 5.69 Å². The van der Waals surface area contributed by atoms with Crippen LogP contribution in [0.15, 0.2) is 60.7 Å². The molecule has 2 aromatic carbocycles. The molecule has 4 nitrogen and oxygen atoms in total. The van der Waals surface area contributed by atoms with Crippen LogP contribution in [0.1, 0.15) is 32.8 Å². The van der Waals surface area contributed by atoms with Gasteiger partial charge in [0, 0.05) is 11.9 Å². The van der Waals surface area contributed by atoms with E-state index in [1.165, 1.54) is 5.56 Å². The SMILES string of the molecule is O=Cc1cc(C(=O)NCCCc2ccccc2)c2ccccc2n1.